The van der Waals surface area contributed by atoms with Crippen molar-refractivity contribution in [1.29, 1.82) is 0 Å². The molecule has 0 saturated heterocycles. The molecule has 0 aliphatic rings. The van der Waals surface area contributed by atoms with Gasteiger partial charge in [0.25, 0.3) is 5.91 Å². The van der Waals surface area contributed by atoms with Crippen molar-refractivity contribution < 1.29 is 19.5 Å². The van der Waals surface area contributed by atoms with Crippen LogP contribution in [0.5, 0.6) is 11.5 Å². The van der Waals surface area contributed by atoms with Gasteiger partial charge in [0.1, 0.15) is 17.3 Å². The largest absolute Gasteiger partial charge is 0.508 e. The lowest BCUT2D eigenvalue weighted by Gasteiger charge is -2.04. The summed E-state index contributed by atoms with van der Waals surface area (Å²) in [6.07, 6.45) is 0. The first-order valence-corrected chi connectivity index (χ1v) is 4.82. The molecule has 17 heavy (non-hydrogen) atoms. The average molecular weight is 234 g/mol. The lowest BCUT2D eigenvalue weighted by atomic mass is 10.2. The van der Waals surface area contributed by atoms with E-state index in [0.717, 1.165) is 6.07 Å². The number of hydrogen-bond acceptors (Lipinski definition) is 5. The summed E-state index contributed by atoms with van der Waals surface area (Å²) in [5.74, 6) is -0.242. The van der Waals surface area contributed by atoms with Gasteiger partial charge < -0.3 is 20.1 Å². The Labute approximate surface area is 96.5 Å². The summed E-state index contributed by atoms with van der Waals surface area (Å²) in [4.78, 5) is 11.7. The van der Waals surface area contributed by atoms with E-state index in [1.165, 1.54) is 18.2 Å². The van der Waals surface area contributed by atoms with Crippen LogP contribution in [0, 0.1) is 6.92 Å². The Bertz CT molecular complexity index is 542. The predicted molar refractivity (Wildman–Crippen MR) is 59.0 cm³/mol. The van der Waals surface area contributed by atoms with E-state index in [2.05, 4.69) is 10.5 Å². The van der Waals surface area contributed by atoms with Crippen molar-refractivity contribution in [2.45, 2.75) is 6.92 Å². The maximum absolute atomic E-state index is 11.7. The fourth-order valence-electron chi connectivity index (χ4n) is 1.34. The van der Waals surface area contributed by atoms with Crippen LogP contribution in [-0.4, -0.2) is 21.3 Å². The fourth-order valence-corrected chi connectivity index (χ4v) is 1.34. The summed E-state index contributed by atoms with van der Waals surface area (Å²) >= 11 is 0. The zero-order chi connectivity index (χ0) is 12.4. The summed E-state index contributed by atoms with van der Waals surface area (Å²) in [5.41, 5.74) is 0.401. The monoisotopic (exact) mass is 234 g/mol. The number of carbonyl (C=O) groups is 1. The Morgan fingerprint density at radius 2 is 1.88 bits per heavy atom. The minimum absolute atomic E-state index is 0.130. The van der Waals surface area contributed by atoms with Crippen molar-refractivity contribution in [3.8, 4) is 11.5 Å². The first kappa shape index (κ1) is 11.0. The second kappa shape index (κ2) is 4.17. The predicted octanol–water partition coefficient (Wildman–Crippen LogP) is 1.65. The van der Waals surface area contributed by atoms with Gasteiger partial charge in [-0.2, -0.15) is 0 Å². The van der Waals surface area contributed by atoms with Crippen LogP contribution in [0.15, 0.2) is 28.8 Å². The van der Waals surface area contributed by atoms with Gasteiger partial charge in [-0.15, -0.1) is 0 Å². The van der Waals surface area contributed by atoms with Crippen LogP contribution in [-0.2, 0) is 0 Å². The van der Waals surface area contributed by atoms with E-state index in [4.69, 9.17) is 4.52 Å². The summed E-state index contributed by atoms with van der Waals surface area (Å²) in [6, 6.07) is 5.27. The van der Waals surface area contributed by atoms with Crippen LogP contribution in [0.2, 0.25) is 0 Å². The Balaban J connectivity index is 2.18. The number of aromatic hydroxyl groups is 2. The molecule has 0 aliphatic heterocycles. The standard InChI is InChI=1S/C11H10N2O4/c1-6-2-10(13-17-6)11(16)12-7-3-8(14)5-9(15)4-7/h2-5,14-15H,1H3,(H,12,16). The van der Waals surface area contributed by atoms with Gasteiger partial charge in [0.2, 0.25) is 0 Å². The van der Waals surface area contributed by atoms with Crippen molar-refractivity contribution in [2.24, 2.45) is 0 Å². The zero-order valence-corrected chi connectivity index (χ0v) is 8.97. The Morgan fingerprint density at radius 3 is 2.41 bits per heavy atom. The quantitative estimate of drug-likeness (QED) is 0.734. The number of aromatic nitrogens is 1. The van der Waals surface area contributed by atoms with E-state index < -0.39 is 5.91 Å². The van der Waals surface area contributed by atoms with Crippen LogP contribution in [0.25, 0.3) is 0 Å². The molecule has 0 aliphatic carbocycles. The minimum Gasteiger partial charge on any atom is -0.508 e. The van der Waals surface area contributed by atoms with Gasteiger partial charge in [0, 0.05) is 30.0 Å². The highest BCUT2D eigenvalue weighted by Crippen LogP contribution is 2.24. The number of rotatable bonds is 2. The van der Waals surface area contributed by atoms with Gasteiger partial charge in [-0.25, -0.2) is 0 Å². The number of carbonyl (C=O) groups excluding carboxylic acids is 1. The third-order valence-electron chi connectivity index (χ3n) is 2.02. The molecule has 0 spiro atoms. The number of anilines is 1. The van der Waals surface area contributed by atoms with Crippen LogP contribution >= 0.6 is 0 Å². The van der Waals surface area contributed by atoms with E-state index in [0.29, 0.717) is 5.76 Å². The molecule has 1 aromatic carbocycles. The molecule has 1 heterocycles. The lowest BCUT2D eigenvalue weighted by molar-refractivity contribution is 0.101. The molecule has 88 valence electrons. The Morgan fingerprint density at radius 1 is 1.24 bits per heavy atom. The number of nitrogens with one attached hydrogen (secondary N) is 1. The van der Waals surface area contributed by atoms with Crippen LogP contribution in [0.4, 0.5) is 5.69 Å². The normalized spacial score (nSPS) is 10.2. The fraction of sp³-hybridized carbons (Fsp3) is 0.0909. The maximum Gasteiger partial charge on any atom is 0.277 e. The van der Waals surface area contributed by atoms with E-state index >= 15 is 0 Å². The van der Waals surface area contributed by atoms with Crippen molar-refractivity contribution in [1.82, 2.24) is 5.16 Å². The topological polar surface area (TPSA) is 95.6 Å². The van der Waals surface area contributed by atoms with Crippen LogP contribution in [0.3, 0.4) is 0 Å². The van der Waals surface area contributed by atoms with Crippen molar-refractivity contribution in [2.75, 3.05) is 5.32 Å². The average Bonchev–Trinajstić information content (AvgIpc) is 2.63. The molecule has 0 unspecified atom stereocenters. The van der Waals surface area contributed by atoms with E-state index in [1.807, 2.05) is 0 Å². The summed E-state index contributed by atoms with van der Waals surface area (Å²) in [5, 5.41) is 24.5. The number of benzene rings is 1. The maximum atomic E-state index is 11.7. The summed E-state index contributed by atoms with van der Waals surface area (Å²) < 4.78 is 4.76. The second-order valence-corrected chi connectivity index (χ2v) is 3.52. The molecular weight excluding hydrogens is 224 g/mol. The Hall–Kier alpha value is -2.50. The lowest BCUT2D eigenvalue weighted by Crippen LogP contribution is -2.11. The van der Waals surface area contributed by atoms with Gasteiger partial charge in [0.15, 0.2) is 5.69 Å². The van der Waals surface area contributed by atoms with Gasteiger partial charge in [-0.1, -0.05) is 5.16 Å². The van der Waals surface area contributed by atoms with Crippen molar-refractivity contribution >= 4 is 11.6 Å². The van der Waals surface area contributed by atoms with E-state index in [1.54, 1.807) is 6.92 Å². The molecule has 2 rings (SSSR count). The van der Waals surface area contributed by atoms with E-state index in [-0.39, 0.29) is 22.9 Å². The zero-order valence-electron chi connectivity index (χ0n) is 8.97. The smallest absolute Gasteiger partial charge is 0.277 e. The molecule has 2 aromatic rings. The third kappa shape index (κ3) is 2.54. The van der Waals surface area contributed by atoms with Crippen molar-refractivity contribution in [3.05, 3.63) is 35.7 Å². The summed E-state index contributed by atoms with van der Waals surface area (Å²) in [7, 11) is 0. The first-order chi connectivity index (χ1) is 8.04. The second-order valence-electron chi connectivity index (χ2n) is 3.52. The highest BCUT2D eigenvalue weighted by molar-refractivity contribution is 6.03. The minimum atomic E-state index is -0.480. The summed E-state index contributed by atoms with van der Waals surface area (Å²) in [6.45, 7) is 1.67. The highest BCUT2D eigenvalue weighted by Gasteiger charge is 2.11. The number of amides is 1. The molecular formula is C11H10N2O4. The molecule has 0 radical (unpaired) electrons. The highest BCUT2D eigenvalue weighted by atomic mass is 16.5. The van der Waals surface area contributed by atoms with Gasteiger partial charge in [-0.3, -0.25) is 4.79 Å². The molecule has 0 saturated carbocycles. The SMILES string of the molecule is Cc1cc(C(=O)Nc2cc(O)cc(O)c2)no1. The molecule has 1 amide bonds. The number of phenolic OH excluding ortho intramolecular Hbond substituents is 2. The number of hydrogen-bond donors (Lipinski definition) is 3. The Kier molecular flexibility index (Phi) is 2.70. The molecule has 0 bridgehead atoms. The van der Waals surface area contributed by atoms with Crippen LogP contribution < -0.4 is 5.32 Å². The molecule has 0 atom stereocenters. The van der Waals surface area contributed by atoms with Crippen LogP contribution in [0.1, 0.15) is 16.2 Å². The van der Waals surface area contributed by atoms with Gasteiger partial charge in [-0.05, 0) is 6.92 Å². The first-order valence-electron chi connectivity index (χ1n) is 4.82. The van der Waals surface area contributed by atoms with Gasteiger partial charge in [0.05, 0.1) is 0 Å². The molecule has 1 aromatic heterocycles. The van der Waals surface area contributed by atoms with Gasteiger partial charge >= 0.3 is 0 Å². The number of phenols is 2. The van der Waals surface area contributed by atoms with E-state index in [9.17, 15) is 15.0 Å². The number of aryl methyl sites for hydroxylation is 1. The number of nitrogens with zero attached hydrogens (tertiary/aromatic N) is 1. The molecule has 6 heteroatoms. The molecule has 0 fully saturated rings. The van der Waals surface area contributed by atoms with Crippen molar-refractivity contribution in [3.63, 3.8) is 0 Å². The molecule has 6 nitrogen and oxygen atoms in total. The molecule has 3 N–H and O–H groups in total. The third-order valence-corrected chi connectivity index (χ3v) is 2.02.